The van der Waals surface area contributed by atoms with E-state index in [0.717, 1.165) is 22.3 Å². The molecular weight excluding hydrogens is 508 g/mol. The zero-order valence-electron chi connectivity index (χ0n) is 26.0. The maximum atomic E-state index is 11.0. The molecule has 2 rings (SSSR count). The van der Waals surface area contributed by atoms with Gasteiger partial charge in [-0.05, 0) is 49.9 Å². The fourth-order valence-electron chi connectivity index (χ4n) is 4.95. The van der Waals surface area contributed by atoms with Gasteiger partial charge in [0.1, 0.15) is 38.4 Å². The van der Waals surface area contributed by atoms with Gasteiger partial charge in [-0.15, -0.1) is 0 Å². The molecule has 0 amide bonds. The van der Waals surface area contributed by atoms with Crippen LogP contribution in [-0.2, 0) is 18.9 Å². The zero-order chi connectivity index (χ0) is 29.8. The first-order valence-electron chi connectivity index (χ1n) is 14.6. The standard InChI is InChI=1S/C32H54N2O6/c1-9-37-31(38-10-2)23-33(5,6)21-29(35)27-17-13-25(14-18-27)26-15-19-28(20-16-26)30(36)22-34(7,8)24-32(39-11-3)40-12-4/h13-20,29-32,35-36H,9-12,21-24H2,1-8H3/q+2. The smallest absolute Gasteiger partial charge is 0.207 e. The van der Waals surface area contributed by atoms with Crippen molar-refractivity contribution in [3.8, 4) is 11.1 Å². The Kier molecular flexibility index (Phi) is 14.2. The zero-order valence-corrected chi connectivity index (χ0v) is 26.0. The number of nitrogens with zero attached hydrogens (tertiary/aromatic N) is 2. The van der Waals surface area contributed by atoms with Crippen molar-refractivity contribution in [1.82, 2.24) is 0 Å². The lowest BCUT2D eigenvalue weighted by atomic mass is 9.99. The molecule has 0 aliphatic heterocycles. The van der Waals surface area contributed by atoms with E-state index < -0.39 is 12.2 Å². The van der Waals surface area contributed by atoms with Crippen molar-refractivity contribution >= 4 is 0 Å². The topological polar surface area (TPSA) is 77.4 Å². The molecule has 0 heterocycles. The van der Waals surface area contributed by atoms with Crippen LogP contribution in [0.1, 0.15) is 51.0 Å². The SMILES string of the molecule is CCOC(C[N+](C)(C)CC(O)c1ccc(-c2ccc(C(O)C[N+](C)(C)CC(OCC)OCC)cc2)cc1)OCC. The van der Waals surface area contributed by atoms with Crippen LogP contribution in [-0.4, -0.2) is 113 Å². The van der Waals surface area contributed by atoms with Crippen molar-refractivity contribution in [3.05, 3.63) is 59.7 Å². The van der Waals surface area contributed by atoms with E-state index in [0.29, 0.717) is 61.6 Å². The number of aliphatic hydroxyl groups is 2. The van der Waals surface area contributed by atoms with Gasteiger partial charge in [0, 0.05) is 26.4 Å². The molecule has 0 aliphatic rings. The summed E-state index contributed by atoms with van der Waals surface area (Å²) in [5.74, 6) is 0. The summed E-state index contributed by atoms with van der Waals surface area (Å²) < 4.78 is 24.0. The van der Waals surface area contributed by atoms with Crippen LogP contribution in [0.2, 0.25) is 0 Å². The van der Waals surface area contributed by atoms with E-state index in [-0.39, 0.29) is 12.6 Å². The average Bonchev–Trinajstić information content (AvgIpc) is 2.88. The Bertz CT molecular complexity index is 873. The highest BCUT2D eigenvalue weighted by molar-refractivity contribution is 5.64. The summed E-state index contributed by atoms with van der Waals surface area (Å²) in [5.41, 5.74) is 3.88. The largest absolute Gasteiger partial charge is 0.382 e. The molecule has 0 saturated heterocycles. The summed E-state index contributed by atoms with van der Waals surface area (Å²) in [6.07, 6.45) is -1.77. The van der Waals surface area contributed by atoms with E-state index in [1.165, 1.54) is 0 Å². The molecule has 226 valence electrons. The van der Waals surface area contributed by atoms with E-state index in [9.17, 15) is 10.2 Å². The Balaban J connectivity index is 2.00. The summed E-state index contributed by atoms with van der Waals surface area (Å²) in [6.45, 7) is 12.6. The van der Waals surface area contributed by atoms with Crippen LogP contribution in [0, 0.1) is 0 Å². The van der Waals surface area contributed by atoms with Gasteiger partial charge in [-0.1, -0.05) is 48.5 Å². The molecule has 0 fully saturated rings. The molecule has 0 aromatic heterocycles. The van der Waals surface area contributed by atoms with Gasteiger partial charge in [0.15, 0.2) is 0 Å². The molecule has 0 radical (unpaired) electrons. The first-order valence-corrected chi connectivity index (χ1v) is 14.6. The molecule has 0 aliphatic carbocycles. The number of quaternary nitrogens is 2. The van der Waals surface area contributed by atoms with Crippen LogP contribution in [0.15, 0.2) is 48.5 Å². The molecule has 8 nitrogen and oxygen atoms in total. The van der Waals surface area contributed by atoms with Crippen molar-refractivity contribution in [3.63, 3.8) is 0 Å². The number of aliphatic hydroxyl groups excluding tert-OH is 2. The molecule has 0 bridgehead atoms. The number of benzene rings is 2. The van der Waals surface area contributed by atoms with Gasteiger partial charge in [0.2, 0.25) is 12.6 Å². The van der Waals surface area contributed by atoms with Crippen molar-refractivity contribution in [2.75, 3.05) is 80.8 Å². The van der Waals surface area contributed by atoms with Gasteiger partial charge in [0.05, 0.1) is 28.2 Å². The van der Waals surface area contributed by atoms with Crippen LogP contribution < -0.4 is 0 Å². The maximum absolute atomic E-state index is 11.0. The van der Waals surface area contributed by atoms with Crippen LogP contribution in [0.3, 0.4) is 0 Å². The number of rotatable bonds is 19. The monoisotopic (exact) mass is 562 g/mol. The summed E-state index contributed by atoms with van der Waals surface area (Å²) in [6, 6.07) is 16.1. The lowest BCUT2D eigenvalue weighted by Gasteiger charge is -2.34. The highest BCUT2D eigenvalue weighted by Gasteiger charge is 2.28. The Labute approximate surface area is 242 Å². The van der Waals surface area contributed by atoms with Crippen LogP contribution >= 0.6 is 0 Å². The molecule has 2 unspecified atom stereocenters. The van der Waals surface area contributed by atoms with E-state index in [1.807, 2.05) is 76.2 Å². The van der Waals surface area contributed by atoms with Crippen molar-refractivity contribution in [1.29, 1.82) is 0 Å². The van der Waals surface area contributed by atoms with E-state index in [1.54, 1.807) is 0 Å². The Morgan fingerprint density at radius 2 is 0.775 bits per heavy atom. The minimum Gasteiger partial charge on any atom is -0.382 e. The van der Waals surface area contributed by atoms with Crippen molar-refractivity contribution in [2.24, 2.45) is 0 Å². The van der Waals surface area contributed by atoms with Crippen LogP contribution in [0.4, 0.5) is 0 Å². The minimum absolute atomic E-state index is 0.284. The lowest BCUT2D eigenvalue weighted by Crippen LogP contribution is -2.49. The molecule has 2 aromatic carbocycles. The molecule has 2 atom stereocenters. The Hall–Kier alpha value is -1.88. The number of likely N-dealkylation sites (N-methyl/N-ethyl adjacent to an activating group) is 2. The summed E-state index contributed by atoms with van der Waals surface area (Å²) in [4.78, 5) is 0. The third-order valence-electron chi connectivity index (χ3n) is 6.96. The first kappa shape index (κ1) is 34.3. The predicted octanol–water partition coefficient (Wildman–Crippen LogP) is 4.37. The number of hydrogen-bond acceptors (Lipinski definition) is 6. The third-order valence-corrected chi connectivity index (χ3v) is 6.96. The van der Waals surface area contributed by atoms with Gasteiger partial charge in [-0.2, -0.15) is 0 Å². The van der Waals surface area contributed by atoms with Crippen LogP contribution in [0.5, 0.6) is 0 Å². The first-order chi connectivity index (χ1) is 18.9. The van der Waals surface area contributed by atoms with Gasteiger partial charge in [-0.3, -0.25) is 0 Å². The van der Waals surface area contributed by atoms with Gasteiger partial charge < -0.3 is 38.1 Å². The Morgan fingerprint density at radius 1 is 0.500 bits per heavy atom. The molecule has 0 spiro atoms. The minimum atomic E-state index is -0.600. The molecule has 2 aromatic rings. The van der Waals surface area contributed by atoms with Gasteiger partial charge >= 0.3 is 0 Å². The second-order valence-electron chi connectivity index (χ2n) is 11.6. The van der Waals surface area contributed by atoms with E-state index in [2.05, 4.69) is 28.2 Å². The second kappa shape index (κ2) is 16.5. The van der Waals surface area contributed by atoms with E-state index >= 15 is 0 Å². The maximum Gasteiger partial charge on any atom is 0.207 e. The lowest BCUT2D eigenvalue weighted by molar-refractivity contribution is -0.900. The average molecular weight is 563 g/mol. The van der Waals surface area contributed by atoms with E-state index in [4.69, 9.17) is 18.9 Å². The fraction of sp³-hybridized carbons (Fsp3) is 0.625. The molecule has 40 heavy (non-hydrogen) atoms. The van der Waals surface area contributed by atoms with Gasteiger partial charge in [-0.25, -0.2) is 0 Å². The predicted molar refractivity (Wildman–Crippen MR) is 160 cm³/mol. The fourth-order valence-corrected chi connectivity index (χ4v) is 4.95. The normalized spacial score (nSPS) is 14.2. The molecular formula is C32H54N2O6+2. The number of hydrogen-bond donors (Lipinski definition) is 2. The quantitative estimate of drug-likeness (QED) is 0.196. The third kappa shape index (κ3) is 11.5. The second-order valence-corrected chi connectivity index (χ2v) is 11.6. The highest BCUT2D eigenvalue weighted by Crippen LogP contribution is 2.26. The molecule has 0 saturated carbocycles. The highest BCUT2D eigenvalue weighted by atomic mass is 16.7. The molecule has 2 N–H and O–H groups in total. The van der Waals surface area contributed by atoms with Crippen LogP contribution in [0.25, 0.3) is 11.1 Å². The number of ether oxygens (including phenoxy) is 4. The summed E-state index contributed by atoms with van der Waals surface area (Å²) >= 11 is 0. The molecule has 8 heteroatoms. The Morgan fingerprint density at radius 3 is 1.02 bits per heavy atom. The summed E-state index contributed by atoms with van der Waals surface area (Å²) in [5, 5.41) is 21.9. The van der Waals surface area contributed by atoms with Gasteiger partial charge in [0.25, 0.3) is 0 Å². The summed E-state index contributed by atoms with van der Waals surface area (Å²) in [7, 11) is 8.31. The van der Waals surface area contributed by atoms with Crippen molar-refractivity contribution in [2.45, 2.75) is 52.5 Å². The van der Waals surface area contributed by atoms with Crippen molar-refractivity contribution < 1.29 is 38.1 Å².